The maximum absolute atomic E-state index is 13.1. The van der Waals surface area contributed by atoms with Crippen molar-refractivity contribution in [2.45, 2.75) is 45.8 Å². The van der Waals surface area contributed by atoms with Gasteiger partial charge >= 0.3 is 12.1 Å². The molecule has 0 saturated carbocycles. The van der Waals surface area contributed by atoms with E-state index in [1.54, 1.807) is 45.3 Å². The number of alkyl carbamates (subject to hydrolysis) is 1. The minimum Gasteiger partial charge on any atom is -0.467 e. The molecular weight excluding hydrogens is 579 g/mol. The third-order valence-corrected chi connectivity index (χ3v) is 5.82. The van der Waals surface area contributed by atoms with Gasteiger partial charge in [-0.3, -0.25) is 9.20 Å². The number of aromatic nitrogens is 3. The smallest absolute Gasteiger partial charge is 0.407 e. The number of imidazole rings is 1. The number of hydrogen-bond donors (Lipinski definition) is 3. The zero-order valence-corrected chi connectivity index (χ0v) is 22.9. The molecule has 12 heteroatoms. The van der Waals surface area contributed by atoms with Gasteiger partial charge in [-0.05, 0) is 73.5 Å². The number of esters is 1. The Hall–Kier alpha value is -3.42. The number of nitrogens with one attached hydrogen (secondary N) is 3. The number of hydrogen-bond acceptors (Lipinski definition) is 8. The molecule has 0 aliphatic rings. The van der Waals surface area contributed by atoms with Crippen molar-refractivity contribution in [3.63, 3.8) is 0 Å². The summed E-state index contributed by atoms with van der Waals surface area (Å²) in [4.78, 5) is 46.1. The number of halogens is 1. The van der Waals surface area contributed by atoms with Gasteiger partial charge < -0.3 is 25.4 Å². The predicted molar refractivity (Wildman–Crippen MR) is 142 cm³/mol. The molecule has 192 valence electrons. The fourth-order valence-corrected chi connectivity index (χ4v) is 3.90. The summed E-state index contributed by atoms with van der Waals surface area (Å²) in [5, 5.41) is 8.39. The summed E-state index contributed by atoms with van der Waals surface area (Å²) in [5.74, 6) is -0.578. The summed E-state index contributed by atoms with van der Waals surface area (Å²) in [7, 11) is 1.21. The van der Waals surface area contributed by atoms with Crippen LogP contribution in [-0.2, 0) is 20.7 Å². The number of aryl methyl sites for hydroxylation is 1. The van der Waals surface area contributed by atoms with Crippen molar-refractivity contribution in [1.29, 1.82) is 0 Å². The van der Waals surface area contributed by atoms with Crippen LogP contribution < -0.4 is 16.0 Å². The lowest BCUT2D eigenvalue weighted by molar-refractivity contribution is -0.142. The highest BCUT2D eigenvalue weighted by Crippen LogP contribution is 2.23. The van der Waals surface area contributed by atoms with Crippen LogP contribution in [0.2, 0.25) is 0 Å². The first-order valence-corrected chi connectivity index (χ1v) is 12.3. The summed E-state index contributed by atoms with van der Waals surface area (Å²) in [6.45, 7) is 6.91. The minimum absolute atomic E-state index is 0.187. The van der Waals surface area contributed by atoms with E-state index in [4.69, 9.17) is 9.47 Å². The molecule has 0 fully saturated rings. The third kappa shape index (κ3) is 6.83. The molecule has 2 amide bonds. The molecule has 0 radical (unpaired) electrons. The number of amides is 2. The maximum Gasteiger partial charge on any atom is 0.407 e. The molecule has 2 aromatic heterocycles. The topological polar surface area (TPSA) is 136 Å². The Morgan fingerprint density at radius 3 is 2.61 bits per heavy atom. The number of carbonyl (C=O) groups excluding carboxylic acids is 3. The Labute approximate surface area is 222 Å². The minimum atomic E-state index is -1.10. The number of benzene rings is 1. The van der Waals surface area contributed by atoms with Gasteiger partial charge in [0, 0.05) is 23.6 Å². The van der Waals surface area contributed by atoms with Gasteiger partial charge in [0.2, 0.25) is 0 Å². The third-order valence-electron chi connectivity index (χ3n) is 5.02. The van der Waals surface area contributed by atoms with Crippen molar-refractivity contribution in [2.75, 3.05) is 19.0 Å². The van der Waals surface area contributed by atoms with Crippen LogP contribution in [0.4, 0.5) is 16.3 Å². The van der Waals surface area contributed by atoms with Gasteiger partial charge in [-0.2, -0.15) is 0 Å². The number of fused-ring (bicyclic) bond motifs is 1. The molecule has 0 saturated heterocycles. The SMILES string of the molecule is CCc1cc(Nc2nccn3c(I)cnc23)ccc1C(=O)N[C@@H](CNC(=O)OC(C)(C)C)C(=O)OC. The first-order chi connectivity index (χ1) is 17.0. The van der Waals surface area contributed by atoms with E-state index in [2.05, 4.69) is 48.5 Å². The summed E-state index contributed by atoms with van der Waals surface area (Å²) >= 11 is 2.19. The molecular formula is C24H29IN6O5. The zero-order valence-electron chi connectivity index (χ0n) is 20.7. The number of carbonyl (C=O) groups is 3. The average molecular weight is 608 g/mol. The second-order valence-electron chi connectivity index (χ2n) is 8.83. The fourth-order valence-electron chi connectivity index (χ4n) is 3.37. The van der Waals surface area contributed by atoms with Crippen molar-refractivity contribution in [2.24, 2.45) is 0 Å². The average Bonchev–Trinajstić information content (AvgIpc) is 3.21. The number of ether oxygens (including phenoxy) is 2. The molecule has 1 aromatic carbocycles. The van der Waals surface area contributed by atoms with Crippen LogP contribution in [0.5, 0.6) is 0 Å². The lowest BCUT2D eigenvalue weighted by Gasteiger charge is -2.22. The monoisotopic (exact) mass is 608 g/mol. The molecule has 0 aliphatic carbocycles. The van der Waals surface area contributed by atoms with Gasteiger partial charge in [0.25, 0.3) is 5.91 Å². The van der Waals surface area contributed by atoms with E-state index in [-0.39, 0.29) is 6.54 Å². The van der Waals surface area contributed by atoms with Gasteiger partial charge in [-0.25, -0.2) is 19.6 Å². The molecule has 36 heavy (non-hydrogen) atoms. The molecule has 3 aromatic rings. The summed E-state index contributed by atoms with van der Waals surface area (Å²) < 4.78 is 12.8. The largest absolute Gasteiger partial charge is 0.467 e. The highest BCUT2D eigenvalue weighted by atomic mass is 127. The summed E-state index contributed by atoms with van der Waals surface area (Å²) in [6.07, 6.45) is 5.13. The number of anilines is 2. The molecule has 0 unspecified atom stereocenters. The van der Waals surface area contributed by atoms with Gasteiger partial charge in [0.1, 0.15) is 15.3 Å². The van der Waals surface area contributed by atoms with Crippen LogP contribution in [-0.4, -0.2) is 57.6 Å². The zero-order chi connectivity index (χ0) is 26.5. The van der Waals surface area contributed by atoms with E-state index >= 15 is 0 Å². The normalized spacial score (nSPS) is 12.1. The molecule has 2 heterocycles. The second-order valence-corrected chi connectivity index (χ2v) is 9.94. The van der Waals surface area contributed by atoms with E-state index < -0.39 is 29.6 Å². The van der Waals surface area contributed by atoms with Gasteiger partial charge in [0.05, 0.1) is 19.9 Å². The van der Waals surface area contributed by atoms with Crippen LogP contribution in [0.25, 0.3) is 5.65 Å². The second kappa shape index (κ2) is 11.5. The van der Waals surface area contributed by atoms with Crippen molar-refractivity contribution >= 4 is 57.7 Å². The van der Waals surface area contributed by atoms with E-state index in [0.717, 1.165) is 15.0 Å². The van der Waals surface area contributed by atoms with Crippen LogP contribution in [0, 0.1) is 3.70 Å². The maximum atomic E-state index is 13.1. The summed E-state index contributed by atoms with van der Waals surface area (Å²) in [6, 6.07) is 4.17. The van der Waals surface area contributed by atoms with Gasteiger partial charge in [-0.1, -0.05) is 6.92 Å². The molecule has 3 N–H and O–H groups in total. The molecule has 0 spiro atoms. The van der Waals surface area contributed by atoms with Gasteiger partial charge in [-0.15, -0.1) is 0 Å². The van der Waals surface area contributed by atoms with E-state index in [9.17, 15) is 14.4 Å². The first-order valence-electron chi connectivity index (χ1n) is 11.3. The highest BCUT2D eigenvalue weighted by molar-refractivity contribution is 14.1. The Morgan fingerprint density at radius 2 is 1.94 bits per heavy atom. The van der Waals surface area contributed by atoms with Crippen LogP contribution in [0.1, 0.15) is 43.6 Å². The Kier molecular flexibility index (Phi) is 8.71. The van der Waals surface area contributed by atoms with Crippen molar-refractivity contribution in [1.82, 2.24) is 25.0 Å². The standard InChI is InChI=1S/C24H29IN6O5/c1-6-14-11-15(29-19-20-27-13-18(25)31(20)10-9-26-19)7-8-16(14)21(32)30-17(22(33)35-5)12-28-23(34)36-24(2,3)4/h7-11,13,17H,6,12H2,1-5H3,(H,26,29)(H,28,34)(H,30,32)/t17-/m0/s1. The van der Waals surface area contributed by atoms with Crippen LogP contribution >= 0.6 is 22.6 Å². The van der Waals surface area contributed by atoms with E-state index in [0.29, 0.717) is 23.4 Å². The molecule has 1 atom stereocenters. The lowest BCUT2D eigenvalue weighted by Crippen LogP contribution is -2.49. The number of rotatable bonds is 8. The highest BCUT2D eigenvalue weighted by Gasteiger charge is 2.25. The van der Waals surface area contributed by atoms with Crippen molar-refractivity contribution < 1.29 is 23.9 Å². The Bertz CT molecular complexity index is 1270. The quantitative estimate of drug-likeness (QED) is 0.262. The van der Waals surface area contributed by atoms with E-state index in [1.807, 2.05) is 23.6 Å². The van der Waals surface area contributed by atoms with E-state index in [1.165, 1.54) is 7.11 Å². The van der Waals surface area contributed by atoms with Gasteiger partial charge in [0.15, 0.2) is 11.5 Å². The predicted octanol–water partition coefficient (Wildman–Crippen LogP) is 3.44. The molecule has 0 aliphatic heterocycles. The lowest BCUT2D eigenvalue weighted by atomic mass is 10.0. The Balaban J connectivity index is 1.75. The van der Waals surface area contributed by atoms with Crippen LogP contribution in [0.3, 0.4) is 0 Å². The van der Waals surface area contributed by atoms with Crippen LogP contribution in [0.15, 0.2) is 36.8 Å². The molecule has 3 rings (SSSR count). The molecule has 11 nitrogen and oxygen atoms in total. The number of nitrogens with zero attached hydrogens (tertiary/aromatic N) is 3. The Morgan fingerprint density at radius 1 is 1.19 bits per heavy atom. The fraction of sp³-hybridized carbons (Fsp3) is 0.375. The summed E-state index contributed by atoms with van der Waals surface area (Å²) in [5.41, 5.74) is 1.87. The van der Waals surface area contributed by atoms with Crippen molar-refractivity contribution in [3.8, 4) is 0 Å². The first kappa shape index (κ1) is 27.2. The molecule has 0 bridgehead atoms. The van der Waals surface area contributed by atoms with Crippen molar-refractivity contribution in [3.05, 3.63) is 51.6 Å². The number of methoxy groups -OCH3 is 1.